The van der Waals surface area contributed by atoms with Gasteiger partial charge in [0.1, 0.15) is 11.6 Å². The van der Waals surface area contributed by atoms with Gasteiger partial charge in [-0.05, 0) is 32.5 Å². The number of nitrogens with two attached hydrogens (primary N) is 1. The van der Waals surface area contributed by atoms with Gasteiger partial charge in [-0.3, -0.25) is 4.99 Å². The molecule has 0 spiro atoms. The summed E-state index contributed by atoms with van der Waals surface area (Å²) in [6.07, 6.45) is 1.93. The Morgan fingerprint density at radius 1 is 1.47 bits per heavy atom. The van der Waals surface area contributed by atoms with Gasteiger partial charge in [-0.15, -0.1) is 0 Å². The number of carboxylic acids is 1. The van der Waals surface area contributed by atoms with Crippen molar-refractivity contribution in [2.24, 2.45) is 10.7 Å². The Morgan fingerprint density at radius 3 is 2.42 bits per heavy atom. The van der Waals surface area contributed by atoms with Crippen LogP contribution < -0.4 is 11.1 Å². The number of nitrogens with zero attached hydrogens (tertiary/aromatic N) is 1. The highest BCUT2D eigenvalue weighted by Gasteiger charge is 2.24. The Balaban J connectivity index is 4.68. The summed E-state index contributed by atoms with van der Waals surface area (Å²) in [6, 6.07) is -1.12. The SMILES string of the molecule is CN=C/C(=C\N)CC(NC(=O)OC(C)(C)C)C(=O)O. The largest absolute Gasteiger partial charge is 0.480 e. The van der Waals surface area contributed by atoms with Crippen molar-refractivity contribution in [3.05, 3.63) is 11.8 Å². The van der Waals surface area contributed by atoms with Gasteiger partial charge < -0.3 is 20.9 Å². The van der Waals surface area contributed by atoms with E-state index >= 15 is 0 Å². The Kier molecular flexibility index (Phi) is 6.60. The summed E-state index contributed by atoms with van der Waals surface area (Å²) in [4.78, 5) is 26.3. The van der Waals surface area contributed by atoms with Crippen LogP contribution >= 0.6 is 0 Å². The molecule has 0 aromatic carbocycles. The Bertz CT molecular complexity index is 383. The van der Waals surface area contributed by atoms with Crippen molar-refractivity contribution in [3.63, 3.8) is 0 Å². The molecule has 0 aliphatic carbocycles. The first-order chi connectivity index (χ1) is 8.69. The standard InChI is InChI=1S/C12H21N3O4/c1-12(2,3)19-11(18)15-9(10(16)17)5-8(6-13)7-14-4/h6-7,9H,5,13H2,1-4H3,(H,15,18)(H,16,17)/b8-6-,14-7?. The number of rotatable bonds is 5. The molecular formula is C12H21N3O4. The van der Waals surface area contributed by atoms with Crippen LogP contribution in [0.25, 0.3) is 0 Å². The van der Waals surface area contributed by atoms with E-state index in [1.807, 2.05) is 0 Å². The molecule has 0 aliphatic rings. The molecule has 0 aromatic rings. The molecule has 7 nitrogen and oxygen atoms in total. The molecule has 0 aromatic heterocycles. The maximum atomic E-state index is 11.5. The number of carboxylic acid groups (broad SMARTS) is 1. The highest BCUT2D eigenvalue weighted by atomic mass is 16.6. The van der Waals surface area contributed by atoms with Gasteiger partial charge in [0, 0.05) is 19.7 Å². The molecular weight excluding hydrogens is 250 g/mol. The number of hydrogen-bond acceptors (Lipinski definition) is 5. The Labute approximate surface area is 112 Å². The third kappa shape index (κ3) is 7.80. The van der Waals surface area contributed by atoms with E-state index in [0.717, 1.165) is 0 Å². The van der Waals surface area contributed by atoms with Crippen LogP contribution in [0, 0.1) is 0 Å². The summed E-state index contributed by atoms with van der Waals surface area (Å²) >= 11 is 0. The lowest BCUT2D eigenvalue weighted by Gasteiger charge is -2.22. The van der Waals surface area contributed by atoms with E-state index in [2.05, 4.69) is 10.3 Å². The number of alkyl carbamates (subject to hydrolysis) is 1. The van der Waals surface area contributed by atoms with Crippen molar-refractivity contribution in [2.45, 2.75) is 38.8 Å². The minimum absolute atomic E-state index is 0.0302. The second-order valence-corrected chi connectivity index (χ2v) is 4.87. The Morgan fingerprint density at radius 2 is 2.05 bits per heavy atom. The number of ether oxygens (including phenoxy) is 1. The topological polar surface area (TPSA) is 114 Å². The minimum Gasteiger partial charge on any atom is -0.480 e. The van der Waals surface area contributed by atoms with E-state index in [0.29, 0.717) is 5.57 Å². The average molecular weight is 271 g/mol. The maximum Gasteiger partial charge on any atom is 0.408 e. The number of aliphatic carboxylic acids is 1. The predicted molar refractivity (Wildman–Crippen MR) is 72.1 cm³/mol. The molecule has 0 saturated heterocycles. The molecule has 1 unspecified atom stereocenters. The van der Waals surface area contributed by atoms with E-state index in [1.54, 1.807) is 27.8 Å². The van der Waals surface area contributed by atoms with Crippen LogP contribution in [0.3, 0.4) is 0 Å². The van der Waals surface area contributed by atoms with Crippen molar-refractivity contribution in [2.75, 3.05) is 7.05 Å². The highest BCUT2D eigenvalue weighted by molar-refractivity contribution is 5.84. The van der Waals surface area contributed by atoms with Gasteiger partial charge in [-0.25, -0.2) is 9.59 Å². The zero-order valence-corrected chi connectivity index (χ0v) is 11.6. The molecule has 0 heterocycles. The van der Waals surface area contributed by atoms with E-state index in [4.69, 9.17) is 15.6 Å². The van der Waals surface area contributed by atoms with Gasteiger partial charge in [0.05, 0.1) is 0 Å². The van der Waals surface area contributed by atoms with Crippen LogP contribution in [0.1, 0.15) is 27.2 Å². The second kappa shape index (κ2) is 7.40. The summed E-state index contributed by atoms with van der Waals surface area (Å²) in [7, 11) is 1.54. The molecule has 19 heavy (non-hydrogen) atoms. The van der Waals surface area contributed by atoms with Crippen LogP contribution in [-0.4, -0.2) is 42.1 Å². The van der Waals surface area contributed by atoms with Gasteiger partial charge in [-0.2, -0.15) is 0 Å². The fourth-order valence-electron chi connectivity index (χ4n) is 1.22. The van der Waals surface area contributed by atoms with Gasteiger partial charge in [0.15, 0.2) is 0 Å². The predicted octanol–water partition coefficient (Wildman–Crippen LogP) is 0.898. The van der Waals surface area contributed by atoms with Crippen molar-refractivity contribution in [1.29, 1.82) is 0 Å². The smallest absolute Gasteiger partial charge is 0.408 e. The summed E-state index contributed by atoms with van der Waals surface area (Å²) in [5.41, 5.74) is 5.17. The van der Waals surface area contributed by atoms with Crippen LogP contribution in [0.2, 0.25) is 0 Å². The molecule has 1 atom stereocenters. The average Bonchev–Trinajstić information content (AvgIpc) is 2.24. The zero-order chi connectivity index (χ0) is 15.1. The summed E-state index contributed by atoms with van der Waals surface area (Å²) in [5, 5.41) is 11.3. The first kappa shape index (κ1) is 16.9. The summed E-state index contributed by atoms with van der Waals surface area (Å²) in [5.74, 6) is -1.17. The lowest BCUT2D eigenvalue weighted by atomic mass is 10.1. The van der Waals surface area contributed by atoms with Crippen molar-refractivity contribution >= 4 is 18.3 Å². The van der Waals surface area contributed by atoms with Gasteiger partial charge in [-0.1, -0.05) is 0 Å². The molecule has 0 rings (SSSR count). The quantitative estimate of drug-likeness (QED) is 0.643. The van der Waals surface area contributed by atoms with Crippen molar-refractivity contribution < 1.29 is 19.4 Å². The second-order valence-electron chi connectivity index (χ2n) is 4.87. The number of aliphatic imine (C=N–C) groups is 1. The molecule has 0 saturated carbocycles. The van der Waals surface area contributed by atoms with Gasteiger partial charge >= 0.3 is 12.1 Å². The third-order valence-corrected chi connectivity index (χ3v) is 1.94. The van der Waals surface area contributed by atoms with Crippen LogP contribution in [-0.2, 0) is 9.53 Å². The first-order valence-electron chi connectivity index (χ1n) is 5.75. The molecule has 7 heteroatoms. The molecule has 0 fully saturated rings. The third-order valence-electron chi connectivity index (χ3n) is 1.94. The molecule has 4 N–H and O–H groups in total. The maximum absolute atomic E-state index is 11.5. The lowest BCUT2D eigenvalue weighted by molar-refractivity contribution is -0.139. The number of amides is 1. The molecule has 1 amide bonds. The van der Waals surface area contributed by atoms with E-state index in [-0.39, 0.29) is 6.42 Å². The van der Waals surface area contributed by atoms with Gasteiger partial charge in [0.25, 0.3) is 0 Å². The van der Waals surface area contributed by atoms with Crippen molar-refractivity contribution in [3.8, 4) is 0 Å². The van der Waals surface area contributed by atoms with E-state index < -0.39 is 23.7 Å². The van der Waals surface area contributed by atoms with Gasteiger partial charge in [0.2, 0.25) is 0 Å². The summed E-state index contributed by atoms with van der Waals surface area (Å²) < 4.78 is 5.00. The summed E-state index contributed by atoms with van der Waals surface area (Å²) in [6.45, 7) is 5.08. The van der Waals surface area contributed by atoms with Crippen LogP contribution in [0.15, 0.2) is 16.8 Å². The normalized spacial score (nSPS) is 14.2. The fraction of sp³-hybridized carbons (Fsp3) is 0.583. The number of nitrogens with one attached hydrogen (secondary N) is 1. The molecule has 108 valence electrons. The number of carbonyl (C=O) groups is 2. The van der Waals surface area contributed by atoms with E-state index in [9.17, 15) is 9.59 Å². The van der Waals surface area contributed by atoms with Crippen LogP contribution in [0.5, 0.6) is 0 Å². The van der Waals surface area contributed by atoms with Crippen molar-refractivity contribution in [1.82, 2.24) is 5.32 Å². The first-order valence-corrected chi connectivity index (χ1v) is 5.75. The zero-order valence-electron chi connectivity index (χ0n) is 11.6. The lowest BCUT2D eigenvalue weighted by Crippen LogP contribution is -2.43. The number of hydrogen-bond donors (Lipinski definition) is 3. The van der Waals surface area contributed by atoms with Crippen LogP contribution in [0.4, 0.5) is 4.79 Å². The monoisotopic (exact) mass is 271 g/mol. The fourth-order valence-corrected chi connectivity index (χ4v) is 1.22. The number of carbonyl (C=O) groups excluding carboxylic acids is 1. The highest BCUT2D eigenvalue weighted by Crippen LogP contribution is 2.08. The Hall–Kier alpha value is -2.05. The molecule has 0 radical (unpaired) electrons. The molecule has 0 aliphatic heterocycles. The van der Waals surface area contributed by atoms with E-state index in [1.165, 1.54) is 12.4 Å². The molecule has 0 bridgehead atoms. The minimum atomic E-state index is -1.17.